The Morgan fingerprint density at radius 3 is 2.40 bits per heavy atom. The summed E-state index contributed by atoms with van der Waals surface area (Å²) in [5, 5.41) is 0.844. The number of carbonyl (C=O) groups is 1. The number of piperidine rings is 1. The maximum atomic E-state index is 12.4. The highest BCUT2D eigenvalue weighted by atomic mass is 16.6. The van der Waals surface area contributed by atoms with Gasteiger partial charge in [0, 0.05) is 36.6 Å². The van der Waals surface area contributed by atoms with Crippen LogP contribution < -0.4 is 11.5 Å². The minimum Gasteiger partial charge on any atom is -0.444 e. The first-order chi connectivity index (χ1) is 14.2. The number of rotatable bonds is 2. The molecule has 3 heterocycles. The number of fused-ring (bicyclic) bond motifs is 1. The van der Waals surface area contributed by atoms with Gasteiger partial charge in [-0.3, -0.25) is 0 Å². The number of hydrogen-bond donors (Lipinski definition) is 2. The van der Waals surface area contributed by atoms with E-state index in [0.29, 0.717) is 24.6 Å². The van der Waals surface area contributed by atoms with E-state index in [0.717, 1.165) is 35.0 Å². The van der Waals surface area contributed by atoms with Crippen molar-refractivity contribution in [3.05, 3.63) is 36.8 Å². The van der Waals surface area contributed by atoms with Crippen molar-refractivity contribution in [1.82, 2.24) is 19.4 Å². The molecule has 1 amide bonds. The first kappa shape index (κ1) is 20.0. The van der Waals surface area contributed by atoms with E-state index in [9.17, 15) is 4.79 Å². The average molecular weight is 409 g/mol. The molecule has 1 saturated heterocycles. The highest BCUT2D eigenvalue weighted by molar-refractivity contribution is 6.00. The van der Waals surface area contributed by atoms with Crippen LogP contribution in [0.15, 0.2) is 36.8 Å². The summed E-state index contributed by atoms with van der Waals surface area (Å²) >= 11 is 0. The van der Waals surface area contributed by atoms with Crippen molar-refractivity contribution < 1.29 is 9.53 Å². The second kappa shape index (κ2) is 7.51. The van der Waals surface area contributed by atoms with Gasteiger partial charge < -0.3 is 25.7 Å². The van der Waals surface area contributed by atoms with Crippen LogP contribution in [-0.4, -0.2) is 44.2 Å². The number of anilines is 2. The molecular weight excluding hydrogens is 380 g/mol. The van der Waals surface area contributed by atoms with E-state index >= 15 is 0 Å². The minimum atomic E-state index is -0.493. The standard InChI is InChI=1S/C22H28N6O2/c1-22(2,3)30-21(29)27-10-8-16(9-11-27)28-12-17(14-4-6-15(23)7-5-14)18-19(24)25-13-26-20(18)28/h4-7,12-13,16H,8-11,23H2,1-3H3,(H2,24,25,26). The van der Waals surface area contributed by atoms with E-state index in [1.165, 1.54) is 6.33 Å². The van der Waals surface area contributed by atoms with Crippen molar-refractivity contribution >= 4 is 28.6 Å². The molecule has 4 N–H and O–H groups in total. The number of carbonyl (C=O) groups excluding carboxylic acids is 1. The highest BCUT2D eigenvalue weighted by Gasteiger charge is 2.29. The van der Waals surface area contributed by atoms with Crippen LogP contribution in [0.3, 0.4) is 0 Å². The van der Waals surface area contributed by atoms with Crippen molar-refractivity contribution in [2.45, 2.75) is 45.3 Å². The predicted octanol–water partition coefficient (Wildman–Crippen LogP) is 3.83. The summed E-state index contributed by atoms with van der Waals surface area (Å²) in [6.07, 6.45) is 4.96. The molecule has 4 rings (SSSR count). The molecule has 2 aromatic heterocycles. The molecule has 0 aliphatic carbocycles. The van der Waals surface area contributed by atoms with Gasteiger partial charge >= 0.3 is 6.09 Å². The first-order valence-electron chi connectivity index (χ1n) is 10.2. The number of nitrogens with zero attached hydrogens (tertiary/aromatic N) is 4. The zero-order chi connectivity index (χ0) is 21.5. The van der Waals surface area contributed by atoms with Crippen molar-refractivity contribution in [1.29, 1.82) is 0 Å². The molecular formula is C22H28N6O2. The zero-order valence-corrected chi connectivity index (χ0v) is 17.6. The fraction of sp³-hybridized carbons (Fsp3) is 0.409. The van der Waals surface area contributed by atoms with Crippen LogP contribution in [0.2, 0.25) is 0 Å². The number of amides is 1. The van der Waals surface area contributed by atoms with E-state index in [4.69, 9.17) is 16.2 Å². The van der Waals surface area contributed by atoms with Gasteiger partial charge in [-0.25, -0.2) is 14.8 Å². The van der Waals surface area contributed by atoms with Gasteiger partial charge in [0.05, 0.1) is 5.39 Å². The van der Waals surface area contributed by atoms with Crippen LogP contribution in [0.4, 0.5) is 16.3 Å². The van der Waals surface area contributed by atoms with Gasteiger partial charge in [0.15, 0.2) is 0 Å². The summed E-state index contributed by atoms with van der Waals surface area (Å²) in [4.78, 5) is 22.9. The van der Waals surface area contributed by atoms with Gasteiger partial charge in [0.2, 0.25) is 0 Å². The normalized spacial score (nSPS) is 15.5. The van der Waals surface area contributed by atoms with E-state index < -0.39 is 5.60 Å². The lowest BCUT2D eigenvalue weighted by molar-refractivity contribution is 0.0189. The third kappa shape index (κ3) is 3.90. The SMILES string of the molecule is CC(C)(C)OC(=O)N1CCC(n2cc(-c3ccc(N)cc3)c3c(N)ncnc32)CC1. The molecule has 0 bridgehead atoms. The zero-order valence-electron chi connectivity index (χ0n) is 17.6. The second-order valence-electron chi connectivity index (χ2n) is 8.73. The molecule has 0 spiro atoms. The number of nitrogen functional groups attached to an aromatic ring is 2. The Labute approximate surface area is 175 Å². The summed E-state index contributed by atoms with van der Waals surface area (Å²) < 4.78 is 7.68. The first-order valence-corrected chi connectivity index (χ1v) is 10.2. The predicted molar refractivity (Wildman–Crippen MR) is 118 cm³/mol. The lowest BCUT2D eigenvalue weighted by Crippen LogP contribution is -2.42. The summed E-state index contributed by atoms with van der Waals surface area (Å²) in [6.45, 7) is 6.92. The van der Waals surface area contributed by atoms with Crippen LogP contribution in [0.5, 0.6) is 0 Å². The molecule has 0 radical (unpaired) electrons. The molecule has 8 heteroatoms. The Hall–Kier alpha value is -3.29. The molecule has 0 unspecified atom stereocenters. The van der Waals surface area contributed by atoms with Crippen LogP contribution in [0.1, 0.15) is 39.7 Å². The maximum Gasteiger partial charge on any atom is 0.410 e. The van der Waals surface area contributed by atoms with Gasteiger partial charge in [0.1, 0.15) is 23.4 Å². The average Bonchev–Trinajstić information content (AvgIpc) is 3.08. The number of aromatic nitrogens is 3. The van der Waals surface area contributed by atoms with Crippen LogP contribution >= 0.6 is 0 Å². The van der Waals surface area contributed by atoms with Gasteiger partial charge in [-0.2, -0.15) is 0 Å². The smallest absolute Gasteiger partial charge is 0.410 e. The van der Waals surface area contributed by atoms with Crippen molar-refractivity contribution in [3.63, 3.8) is 0 Å². The Kier molecular flexibility index (Phi) is 5.01. The number of nitrogens with two attached hydrogens (primary N) is 2. The van der Waals surface area contributed by atoms with Crippen molar-refractivity contribution in [2.24, 2.45) is 0 Å². The fourth-order valence-electron chi connectivity index (χ4n) is 3.92. The minimum absolute atomic E-state index is 0.211. The molecule has 1 aliphatic rings. The quantitative estimate of drug-likeness (QED) is 0.623. The maximum absolute atomic E-state index is 12.4. The monoisotopic (exact) mass is 408 g/mol. The van der Waals surface area contributed by atoms with Crippen molar-refractivity contribution in [2.75, 3.05) is 24.6 Å². The van der Waals surface area contributed by atoms with E-state index in [2.05, 4.69) is 20.7 Å². The van der Waals surface area contributed by atoms with E-state index in [-0.39, 0.29) is 12.1 Å². The molecule has 30 heavy (non-hydrogen) atoms. The third-order valence-electron chi connectivity index (χ3n) is 5.37. The Balaban J connectivity index is 1.62. The summed E-state index contributed by atoms with van der Waals surface area (Å²) in [5.74, 6) is 0.455. The topological polar surface area (TPSA) is 112 Å². The number of hydrogen-bond acceptors (Lipinski definition) is 6. The van der Waals surface area contributed by atoms with Crippen LogP contribution in [-0.2, 0) is 4.74 Å². The number of likely N-dealkylation sites (tertiary alicyclic amines) is 1. The Morgan fingerprint density at radius 1 is 1.10 bits per heavy atom. The summed E-state index contributed by atoms with van der Waals surface area (Å²) in [5.41, 5.74) is 15.1. The molecule has 0 atom stereocenters. The van der Waals surface area contributed by atoms with Gasteiger partial charge in [0.25, 0.3) is 0 Å². The fourth-order valence-corrected chi connectivity index (χ4v) is 3.92. The second-order valence-corrected chi connectivity index (χ2v) is 8.73. The third-order valence-corrected chi connectivity index (χ3v) is 5.37. The molecule has 1 aromatic carbocycles. The van der Waals surface area contributed by atoms with E-state index in [1.54, 1.807) is 4.90 Å². The molecule has 0 saturated carbocycles. The van der Waals surface area contributed by atoms with Crippen LogP contribution in [0.25, 0.3) is 22.2 Å². The molecule has 1 aliphatic heterocycles. The van der Waals surface area contributed by atoms with Crippen molar-refractivity contribution in [3.8, 4) is 11.1 Å². The highest BCUT2D eigenvalue weighted by Crippen LogP contribution is 2.36. The number of ether oxygens (including phenoxy) is 1. The lowest BCUT2D eigenvalue weighted by Gasteiger charge is -2.34. The largest absolute Gasteiger partial charge is 0.444 e. The summed E-state index contributed by atoms with van der Waals surface area (Å²) in [6, 6.07) is 7.91. The van der Waals surface area contributed by atoms with E-state index in [1.807, 2.05) is 45.0 Å². The molecule has 1 fully saturated rings. The Bertz CT molecular complexity index is 1060. The molecule has 8 nitrogen and oxygen atoms in total. The van der Waals surface area contributed by atoms with Crippen LogP contribution in [0, 0.1) is 0 Å². The molecule has 158 valence electrons. The molecule has 3 aromatic rings. The summed E-state index contributed by atoms with van der Waals surface area (Å²) in [7, 11) is 0. The van der Waals surface area contributed by atoms with Gasteiger partial charge in [-0.15, -0.1) is 0 Å². The lowest BCUT2D eigenvalue weighted by atomic mass is 10.1. The number of benzene rings is 1. The van der Waals surface area contributed by atoms with Gasteiger partial charge in [-0.05, 0) is 51.3 Å². The Morgan fingerprint density at radius 2 is 1.77 bits per heavy atom. The van der Waals surface area contributed by atoms with Gasteiger partial charge in [-0.1, -0.05) is 12.1 Å².